The molecule has 0 aliphatic heterocycles. The standard InChI is InChI=1S/C25H22BrFN4O4/c1-15-6-5-7-16(2)23(15)30-24(33)25(34)31-28-13-17-8-3-4-9-21(17)35-14-22(32)29-20-11-10-18(26)12-19(20)27/h3-13H,14H2,1-2H3,(H,29,32)(H,30,33)(H,31,34)/b28-13-. The summed E-state index contributed by atoms with van der Waals surface area (Å²) in [5, 5.41) is 8.81. The maximum atomic E-state index is 13.9. The molecule has 0 saturated carbocycles. The first-order valence-corrected chi connectivity index (χ1v) is 11.2. The Balaban J connectivity index is 1.56. The Labute approximate surface area is 209 Å². The third kappa shape index (κ3) is 7.21. The molecular weight excluding hydrogens is 519 g/mol. The van der Waals surface area contributed by atoms with Crippen LogP contribution in [0.3, 0.4) is 0 Å². The van der Waals surface area contributed by atoms with Gasteiger partial charge in [0.15, 0.2) is 6.61 Å². The van der Waals surface area contributed by atoms with Gasteiger partial charge in [-0.25, -0.2) is 9.82 Å². The molecule has 8 nitrogen and oxygen atoms in total. The first kappa shape index (κ1) is 25.6. The van der Waals surface area contributed by atoms with Gasteiger partial charge in [0, 0.05) is 15.7 Å². The van der Waals surface area contributed by atoms with E-state index >= 15 is 0 Å². The molecule has 3 amide bonds. The fourth-order valence-electron chi connectivity index (χ4n) is 3.03. The highest BCUT2D eigenvalue weighted by molar-refractivity contribution is 9.10. The van der Waals surface area contributed by atoms with E-state index < -0.39 is 23.5 Å². The van der Waals surface area contributed by atoms with Gasteiger partial charge in [-0.05, 0) is 55.3 Å². The molecule has 3 aromatic rings. The summed E-state index contributed by atoms with van der Waals surface area (Å²) in [7, 11) is 0. The zero-order valence-corrected chi connectivity index (χ0v) is 20.5. The van der Waals surface area contributed by atoms with E-state index in [1.807, 2.05) is 32.0 Å². The molecule has 10 heteroatoms. The van der Waals surface area contributed by atoms with Crippen LogP contribution in [0.25, 0.3) is 0 Å². The van der Waals surface area contributed by atoms with Gasteiger partial charge in [0.1, 0.15) is 11.6 Å². The zero-order valence-electron chi connectivity index (χ0n) is 18.9. The highest BCUT2D eigenvalue weighted by Gasteiger charge is 2.15. The number of para-hydroxylation sites is 2. The van der Waals surface area contributed by atoms with Gasteiger partial charge in [0.2, 0.25) is 0 Å². The molecule has 3 rings (SSSR count). The van der Waals surface area contributed by atoms with Gasteiger partial charge in [-0.15, -0.1) is 0 Å². The van der Waals surface area contributed by atoms with E-state index in [4.69, 9.17) is 4.74 Å². The molecule has 0 bridgehead atoms. The number of ether oxygens (including phenoxy) is 1. The van der Waals surface area contributed by atoms with E-state index in [-0.39, 0.29) is 12.3 Å². The number of hydrogen-bond donors (Lipinski definition) is 3. The molecule has 0 atom stereocenters. The van der Waals surface area contributed by atoms with Crippen LogP contribution in [0, 0.1) is 19.7 Å². The fraction of sp³-hybridized carbons (Fsp3) is 0.120. The Bertz CT molecular complexity index is 1280. The van der Waals surface area contributed by atoms with Crippen LogP contribution in [0.1, 0.15) is 16.7 Å². The first-order valence-electron chi connectivity index (χ1n) is 10.4. The average Bonchev–Trinajstić information content (AvgIpc) is 2.82. The smallest absolute Gasteiger partial charge is 0.329 e. The average molecular weight is 541 g/mol. The van der Waals surface area contributed by atoms with Gasteiger partial charge in [0.05, 0.1) is 11.9 Å². The Morgan fingerprint density at radius 3 is 2.40 bits per heavy atom. The number of amides is 3. The van der Waals surface area contributed by atoms with Crippen LogP contribution in [0.5, 0.6) is 5.75 Å². The van der Waals surface area contributed by atoms with Crippen molar-refractivity contribution < 1.29 is 23.5 Å². The van der Waals surface area contributed by atoms with Crippen molar-refractivity contribution >= 4 is 51.2 Å². The maximum absolute atomic E-state index is 13.9. The summed E-state index contributed by atoms with van der Waals surface area (Å²) in [6, 6.07) is 16.4. The minimum Gasteiger partial charge on any atom is -0.483 e. The summed E-state index contributed by atoms with van der Waals surface area (Å²) >= 11 is 3.15. The van der Waals surface area contributed by atoms with Crippen LogP contribution in [0.4, 0.5) is 15.8 Å². The second-order valence-corrected chi connectivity index (χ2v) is 8.33. The van der Waals surface area contributed by atoms with Crippen LogP contribution in [-0.2, 0) is 14.4 Å². The van der Waals surface area contributed by atoms with Crippen LogP contribution >= 0.6 is 15.9 Å². The van der Waals surface area contributed by atoms with E-state index in [9.17, 15) is 18.8 Å². The molecule has 3 N–H and O–H groups in total. The molecule has 0 fully saturated rings. The molecule has 0 aliphatic carbocycles. The van der Waals surface area contributed by atoms with Gasteiger partial charge in [-0.2, -0.15) is 5.10 Å². The number of nitrogens with zero attached hydrogens (tertiary/aromatic N) is 1. The number of benzene rings is 3. The van der Waals surface area contributed by atoms with E-state index in [2.05, 4.69) is 37.1 Å². The lowest BCUT2D eigenvalue weighted by Gasteiger charge is -2.11. The highest BCUT2D eigenvalue weighted by atomic mass is 79.9. The highest BCUT2D eigenvalue weighted by Crippen LogP contribution is 2.21. The normalized spacial score (nSPS) is 10.6. The van der Waals surface area contributed by atoms with Crippen molar-refractivity contribution in [1.82, 2.24) is 5.43 Å². The third-order valence-corrected chi connectivity index (χ3v) is 5.27. The number of anilines is 2. The molecule has 0 spiro atoms. The molecule has 0 aliphatic rings. The van der Waals surface area contributed by atoms with Gasteiger partial charge in [-0.1, -0.05) is 46.3 Å². The lowest BCUT2D eigenvalue weighted by atomic mass is 10.1. The minimum absolute atomic E-state index is 0.0264. The van der Waals surface area contributed by atoms with Crippen molar-refractivity contribution in [2.75, 3.05) is 17.2 Å². The molecule has 3 aromatic carbocycles. The number of carbonyl (C=O) groups is 3. The van der Waals surface area contributed by atoms with E-state index in [1.54, 1.807) is 30.3 Å². The SMILES string of the molecule is Cc1cccc(C)c1NC(=O)C(=O)N/N=C\c1ccccc1OCC(=O)Nc1ccc(Br)cc1F. The van der Waals surface area contributed by atoms with Crippen molar-refractivity contribution in [3.05, 3.63) is 87.6 Å². The Morgan fingerprint density at radius 2 is 1.69 bits per heavy atom. The molecule has 0 radical (unpaired) electrons. The second-order valence-electron chi connectivity index (χ2n) is 7.42. The van der Waals surface area contributed by atoms with Gasteiger partial charge in [0.25, 0.3) is 5.91 Å². The van der Waals surface area contributed by atoms with Crippen molar-refractivity contribution in [3.8, 4) is 5.75 Å². The molecule has 180 valence electrons. The number of nitrogens with one attached hydrogen (secondary N) is 3. The zero-order chi connectivity index (χ0) is 25.4. The fourth-order valence-corrected chi connectivity index (χ4v) is 3.37. The maximum Gasteiger partial charge on any atom is 0.329 e. The molecule has 0 aromatic heterocycles. The quantitative estimate of drug-likeness (QED) is 0.235. The Hall–Kier alpha value is -4.05. The largest absolute Gasteiger partial charge is 0.483 e. The van der Waals surface area contributed by atoms with Gasteiger partial charge in [-0.3, -0.25) is 14.4 Å². The molecule has 0 unspecified atom stereocenters. The predicted octanol–water partition coefficient (Wildman–Crippen LogP) is 4.31. The molecular formula is C25H22BrFN4O4. The van der Waals surface area contributed by atoms with Crippen molar-refractivity contribution in [3.63, 3.8) is 0 Å². The minimum atomic E-state index is -0.946. The Morgan fingerprint density at radius 1 is 0.971 bits per heavy atom. The number of halogens is 2. The number of aryl methyl sites for hydroxylation is 2. The lowest BCUT2D eigenvalue weighted by Crippen LogP contribution is -2.32. The number of hydrogen-bond acceptors (Lipinski definition) is 5. The summed E-state index contributed by atoms with van der Waals surface area (Å²) < 4.78 is 20.0. The predicted molar refractivity (Wildman–Crippen MR) is 135 cm³/mol. The number of rotatable bonds is 7. The van der Waals surface area contributed by atoms with Crippen LogP contribution < -0.4 is 20.8 Å². The second kappa shape index (κ2) is 11.9. The number of hydrazone groups is 1. The van der Waals surface area contributed by atoms with Crippen LogP contribution in [0.15, 0.2) is 70.2 Å². The molecule has 0 saturated heterocycles. The number of carbonyl (C=O) groups excluding carboxylic acids is 3. The first-order chi connectivity index (χ1) is 16.7. The van der Waals surface area contributed by atoms with Gasteiger partial charge < -0.3 is 15.4 Å². The topological polar surface area (TPSA) is 109 Å². The third-order valence-electron chi connectivity index (χ3n) is 4.78. The van der Waals surface area contributed by atoms with E-state index in [0.717, 1.165) is 11.1 Å². The van der Waals surface area contributed by atoms with Crippen LogP contribution in [-0.4, -0.2) is 30.5 Å². The van der Waals surface area contributed by atoms with Crippen molar-refractivity contribution in [2.24, 2.45) is 5.10 Å². The van der Waals surface area contributed by atoms with Crippen molar-refractivity contribution in [2.45, 2.75) is 13.8 Å². The van der Waals surface area contributed by atoms with Gasteiger partial charge >= 0.3 is 11.8 Å². The molecule has 35 heavy (non-hydrogen) atoms. The Kier molecular flexibility index (Phi) is 8.69. The van der Waals surface area contributed by atoms with E-state index in [0.29, 0.717) is 21.5 Å². The monoisotopic (exact) mass is 540 g/mol. The summed E-state index contributed by atoms with van der Waals surface area (Å²) in [6.07, 6.45) is 1.28. The summed E-state index contributed by atoms with van der Waals surface area (Å²) in [5.74, 6) is -2.65. The molecule has 0 heterocycles. The van der Waals surface area contributed by atoms with E-state index in [1.165, 1.54) is 18.3 Å². The summed E-state index contributed by atoms with van der Waals surface area (Å²) in [6.45, 7) is 3.27. The summed E-state index contributed by atoms with van der Waals surface area (Å²) in [4.78, 5) is 36.5. The van der Waals surface area contributed by atoms with Crippen LogP contribution in [0.2, 0.25) is 0 Å². The lowest BCUT2D eigenvalue weighted by molar-refractivity contribution is -0.136. The van der Waals surface area contributed by atoms with Crippen molar-refractivity contribution in [1.29, 1.82) is 0 Å². The summed E-state index contributed by atoms with van der Waals surface area (Å²) in [5.41, 5.74) is 4.86.